The topological polar surface area (TPSA) is 46.5 Å². The average molecular weight is 359 g/mol. The highest BCUT2D eigenvalue weighted by molar-refractivity contribution is 5.66. The lowest BCUT2D eigenvalue weighted by Gasteiger charge is -2.58. The zero-order chi connectivity index (χ0) is 18.7. The molecule has 0 aliphatic heterocycles. The maximum absolute atomic E-state index is 11.4. The molecule has 4 rings (SSSR count). The van der Waals surface area contributed by atoms with Crippen molar-refractivity contribution < 1.29 is 14.6 Å². The lowest BCUT2D eigenvalue weighted by atomic mass is 9.47. The first kappa shape index (κ1) is 18.3. The third kappa shape index (κ3) is 2.61. The minimum Gasteiger partial charge on any atom is -0.462 e. The first-order valence-corrected chi connectivity index (χ1v) is 10.5. The lowest BCUT2D eigenvalue weighted by molar-refractivity contribution is -0.148. The van der Waals surface area contributed by atoms with Crippen molar-refractivity contribution in [2.75, 3.05) is 0 Å². The highest BCUT2D eigenvalue weighted by Gasteiger charge is 2.57. The Morgan fingerprint density at radius 1 is 1.15 bits per heavy atom. The fourth-order valence-corrected chi connectivity index (χ4v) is 7.21. The molecule has 0 amide bonds. The highest BCUT2D eigenvalue weighted by atomic mass is 16.5. The van der Waals surface area contributed by atoms with Gasteiger partial charge in [-0.25, -0.2) is 0 Å². The summed E-state index contributed by atoms with van der Waals surface area (Å²) in [4.78, 5) is 11.4. The molecule has 3 heteroatoms. The van der Waals surface area contributed by atoms with Gasteiger partial charge in [0.2, 0.25) is 0 Å². The maximum atomic E-state index is 11.4. The van der Waals surface area contributed by atoms with E-state index in [1.807, 2.05) is 6.92 Å². The van der Waals surface area contributed by atoms with E-state index in [0.29, 0.717) is 5.92 Å². The van der Waals surface area contributed by atoms with E-state index in [1.165, 1.54) is 25.3 Å². The van der Waals surface area contributed by atoms with Crippen molar-refractivity contribution in [3.8, 4) is 0 Å². The third-order valence-corrected chi connectivity index (χ3v) is 8.48. The van der Waals surface area contributed by atoms with Crippen LogP contribution in [0.1, 0.15) is 72.6 Å². The summed E-state index contributed by atoms with van der Waals surface area (Å²) >= 11 is 0. The Kier molecular flexibility index (Phi) is 4.38. The Labute approximate surface area is 157 Å². The van der Waals surface area contributed by atoms with Gasteiger partial charge < -0.3 is 9.84 Å². The van der Waals surface area contributed by atoms with Gasteiger partial charge in [-0.2, -0.15) is 0 Å². The molecule has 4 aliphatic carbocycles. The van der Waals surface area contributed by atoms with Crippen LogP contribution >= 0.6 is 0 Å². The van der Waals surface area contributed by atoms with Gasteiger partial charge in [-0.3, -0.25) is 4.79 Å². The van der Waals surface area contributed by atoms with Crippen LogP contribution in [0.3, 0.4) is 0 Å². The Balaban J connectivity index is 1.58. The zero-order valence-corrected chi connectivity index (χ0v) is 16.8. The summed E-state index contributed by atoms with van der Waals surface area (Å²) < 4.78 is 5.53. The highest BCUT2D eigenvalue weighted by Crippen LogP contribution is 2.65. The van der Waals surface area contributed by atoms with Gasteiger partial charge in [0.05, 0.1) is 6.10 Å². The van der Waals surface area contributed by atoms with Crippen molar-refractivity contribution in [3.05, 3.63) is 23.3 Å². The molecule has 0 bridgehead atoms. The standard InChI is InChI=1S/C23H34O3/c1-14(24)19-7-8-20-18-6-5-16-13-17(26-15(2)25)9-11-22(16,3)21(18)10-12-23(19,20)4/h5,7,14,17-18,20-21,24H,6,8-13H2,1-4H3/t14-,17-,18-,20-,21-,22-,23+/m0/s1. The van der Waals surface area contributed by atoms with E-state index < -0.39 is 0 Å². The van der Waals surface area contributed by atoms with Gasteiger partial charge in [0.1, 0.15) is 6.10 Å². The summed E-state index contributed by atoms with van der Waals surface area (Å²) in [6.45, 7) is 8.33. The summed E-state index contributed by atoms with van der Waals surface area (Å²) in [5, 5.41) is 10.3. The van der Waals surface area contributed by atoms with Crippen LogP contribution in [0.4, 0.5) is 0 Å². The number of hydrogen-bond donors (Lipinski definition) is 1. The molecule has 1 N–H and O–H groups in total. The minimum absolute atomic E-state index is 0.0761. The predicted molar refractivity (Wildman–Crippen MR) is 102 cm³/mol. The molecule has 0 spiro atoms. The maximum Gasteiger partial charge on any atom is 0.302 e. The monoisotopic (exact) mass is 358 g/mol. The van der Waals surface area contributed by atoms with E-state index in [2.05, 4.69) is 26.0 Å². The number of aliphatic hydroxyl groups is 1. The summed E-state index contributed by atoms with van der Waals surface area (Å²) in [6.07, 6.45) is 12.4. The Morgan fingerprint density at radius 2 is 1.88 bits per heavy atom. The van der Waals surface area contributed by atoms with Crippen LogP contribution in [0.2, 0.25) is 0 Å². The molecule has 4 aliphatic rings. The zero-order valence-electron chi connectivity index (χ0n) is 16.8. The summed E-state index contributed by atoms with van der Waals surface area (Å²) in [5.41, 5.74) is 3.29. The van der Waals surface area contributed by atoms with Gasteiger partial charge in [0, 0.05) is 13.3 Å². The smallest absolute Gasteiger partial charge is 0.302 e. The second-order valence-electron chi connectivity index (χ2n) is 9.76. The van der Waals surface area contributed by atoms with Crippen molar-refractivity contribution in [2.24, 2.45) is 28.6 Å². The number of rotatable bonds is 2. The average Bonchev–Trinajstić information content (AvgIpc) is 2.92. The summed E-state index contributed by atoms with van der Waals surface area (Å²) in [6, 6.07) is 0. The van der Waals surface area contributed by atoms with E-state index in [-0.39, 0.29) is 29.0 Å². The molecule has 0 aromatic rings. The molecule has 144 valence electrons. The molecule has 2 saturated carbocycles. The fourth-order valence-electron chi connectivity index (χ4n) is 7.21. The van der Waals surface area contributed by atoms with Gasteiger partial charge >= 0.3 is 5.97 Å². The van der Waals surface area contributed by atoms with Crippen LogP contribution in [0.15, 0.2) is 23.3 Å². The van der Waals surface area contributed by atoms with Gasteiger partial charge in [0.15, 0.2) is 0 Å². The van der Waals surface area contributed by atoms with Gasteiger partial charge in [0.25, 0.3) is 0 Å². The fraction of sp³-hybridized carbons (Fsp3) is 0.783. The minimum atomic E-state index is -0.314. The Bertz CT molecular complexity index is 660. The molecule has 7 atom stereocenters. The van der Waals surface area contributed by atoms with E-state index in [9.17, 15) is 9.90 Å². The number of carbonyl (C=O) groups excluding carboxylic acids is 1. The quantitative estimate of drug-likeness (QED) is 0.570. The SMILES string of the molecule is CC(=O)O[C@H]1CC[C@@]2(C)C(=CC[C@@H]3[C@@H]2CC[C@]2(C)C([C@H](C)O)=CC[C@@H]32)C1. The summed E-state index contributed by atoms with van der Waals surface area (Å²) in [7, 11) is 0. The largest absolute Gasteiger partial charge is 0.462 e. The van der Waals surface area contributed by atoms with Crippen LogP contribution in [0.25, 0.3) is 0 Å². The van der Waals surface area contributed by atoms with Crippen LogP contribution in [0, 0.1) is 28.6 Å². The van der Waals surface area contributed by atoms with Gasteiger partial charge in [-0.15, -0.1) is 0 Å². The molecular weight excluding hydrogens is 324 g/mol. The molecule has 0 heterocycles. The number of carbonyl (C=O) groups is 1. The molecular formula is C23H34O3. The first-order chi connectivity index (χ1) is 12.3. The molecule has 0 aromatic carbocycles. The molecule has 3 nitrogen and oxygen atoms in total. The van der Waals surface area contributed by atoms with Crippen LogP contribution in [-0.2, 0) is 9.53 Å². The van der Waals surface area contributed by atoms with Crippen molar-refractivity contribution in [1.82, 2.24) is 0 Å². The van der Waals surface area contributed by atoms with Crippen molar-refractivity contribution in [3.63, 3.8) is 0 Å². The first-order valence-electron chi connectivity index (χ1n) is 10.5. The second-order valence-corrected chi connectivity index (χ2v) is 9.76. The number of fused-ring (bicyclic) bond motifs is 5. The van der Waals surface area contributed by atoms with Crippen molar-refractivity contribution in [1.29, 1.82) is 0 Å². The molecule has 26 heavy (non-hydrogen) atoms. The Morgan fingerprint density at radius 3 is 2.58 bits per heavy atom. The number of hydrogen-bond acceptors (Lipinski definition) is 3. The van der Waals surface area contributed by atoms with E-state index in [4.69, 9.17) is 4.74 Å². The third-order valence-electron chi connectivity index (χ3n) is 8.48. The number of allylic oxidation sites excluding steroid dienone is 2. The van der Waals surface area contributed by atoms with Crippen molar-refractivity contribution in [2.45, 2.75) is 84.8 Å². The van der Waals surface area contributed by atoms with E-state index in [1.54, 1.807) is 5.57 Å². The second kappa shape index (κ2) is 6.22. The number of esters is 1. The van der Waals surface area contributed by atoms with E-state index >= 15 is 0 Å². The predicted octanol–water partition coefficient (Wildman–Crippen LogP) is 4.80. The molecule has 0 unspecified atom stereocenters. The van der Waals surface area contributed by atoms with Crippen molar-refractivity contribution >= 4 is 5.97 Å². The molecule has 0 aromatic heterocycles. The molecule has 0 radical (unpaired) electrons. The van der Waals surface area contributed by atoms with Gasteiger partial charge in [-0.05, 0) is 79.6 Å². The van der Waals surface area contributed by atoms with Crippen LogP contribution in [-0.4, -0.2) is 23.3 Å². The normalized spacial score (nSPS) is 45.6. The molecule has 2 fully saturated rings. The van der Waals surface area contributed by atoms with E-state index in [0.717, 1.165) is 43.9 Å². The lowest BCUT2D eigenvalue weighted by Crippen LogP contribution is -2.50. The van der Waals surface area contributed by atoms with Gasteiger partial charge in [-0.1, -0.05) is 31.6 Å². The summed E-state index contributed by atoms with van der Waals surface area (Å²) in [5.74, 6) is 1.98. The van der Waals surface area contributed by atoms with Crippen LogP contribution in [0.5, 0.6) is 0 Å². The Hall–Kier alpha value is -1.09. The number of aliphatic hydroxyl groups excluding tert-OH is 1. The van der Waals surface area contributed by atoms with Crippen LogP contribution < -0.4 is 0 Å². The molecule has 0 saturated heterocycles. The number of ether oxygens (including phenoxy) is 1.